The molecular weight excluding hydrogens is 154 g/mol. The lowest BCUT2D eigenvalue weighted by Crippen LogP contribution is -2.19. The summed E-state index contributed by atoms with van der Waals surface area (Å²) in [6.07, 6.45) is 3.52. The van der Waals surface area contributed by atoms with Crippen molar-refractivity contribution < 1.29 is 0 Å². The van der Waals surface area contributed by atoms with E-state index in [1.165, 1.54) is 4.57 Å². The third kappa shape index (κ3) is 0.777. The van der Waals surface area contributed by atoms with Gasteiger partial charge in [-0.2, -0.15) is 0 Å². The zero-order valence-corrected chi connectivity index (χ0v) is 6.98. The van der Waals surface area contributed by atoms with Gasteiger partial charge in [0.2, 0.25) is 5.78 Å². The Kier molecular flexibility index (Phi) is 1.30. The predicted octanol–water partition coefficient (Wildman–Crippen LogP) is 0.341. The van der Waals surface area contributed by atoms with Crippen LogP contribution < -0.4 is 5.56 Å². The van der Waals surface area contributed by atoms with Crippen LogP contribution in [0.5, 0.6) is 0 Å². The van der Waals surface area contributed by atoms with Gasteiger partial charge in [-0.05, 0) is 6.92 Å². The molecular formula is C8H9N3O. The summed E-state index contributed by atoms with van der Waals surface area (Å²) in [6, 6.07) is 1.59. The number of nitrogens with zero attached hydrogens (tertiary/aromatic N) is 3. The fourth-order valence-electron chi connectivity index (χ4n) is 1.26. The summed E-state index contributed by atoms with van der Waals surface area (Å²) in [4.78, 5) is 15.3. The Balaban J connectivity index is 3.07. The van der Waals surface area contributed by atoms with Gasteiger partial charge in [0, 0.05) is 31.2 Å². The summed E-state index contributed by atoms with van der Waals surface area (Å²) < 4.78 is 3.40. The molecule has 0 fully saturated rings. The lowest BCUT2D eigenvalue weighted by molar-refractivity contribution is 0.829. The molecule has 62 valence electrons. The van der Waals surface area contributed by atoms with Gasteiger partial charge in [0.25, 0.3) is 5.56 Å². The van der Waals surface area contributed by atoms with Crippen molar-refractivity contribution in [2.24, 2.45) is 7.05 Å². The van der Waals surface area contributed by atoms with Crippen LogP contribution in [-0.2, 0) is 7.05 Å². The van der Waals surface area contributed by atoms with Gasteiger partial charge in [0.15, 0.2) is 0 Å². The van der Waals surface area contributed by atoms with E-state index in [2.05, 4.69) is 4.98 Å². The highest BCUT2D eigenvalue weighted by atomic mass is 16.1. The van der Waals surface area contributed by atoms with Crippen molar-refractivity contribution in [1.82, 2.24) is 14.0 Å². The van der Waals surface area contributed by atoms with Crippen LogP contribution in [0.4, 0.5) is 0 Å². The van der Waals surface area contributed by atoms with Gasteiger partial charge in [-0.3, -0.25) is 13.8 Å². The first kappa shape index (κ1) is 7.09. The average Bonchev–Trinajstić information content (AvgIpc) is 2.48. The number of aromatic nitrogens is 3. The Bertz CT molecular complexity index is 480. The van der Waals surface area contributed by atoms with E-state index in [0.717, 1.165) is 5.69 Å². The maximum atomic E-state index is 11.3. The third-order valence-corrected chi connectivity index (χ3v) is 1.96. The van der Waals surface area contributed by atoms with Crippen molar-refractivity contribution >= 4 is 5.78 Å². The number of hydrogen-bond acceptors (Lipinski definition) is 2. The normalized spacial score (nSPS) is 10.8. The second-order valence-electron chi connectivity index (χ2n) is 2.78. The number of fused-ring (bicyclic) bond motifs is 1. The third-order valence-electron chi connectivity index (χ3n) is 1.96. The highest BCUT2D eigenvalue weighted by molar-refractivity contribution is 5.31. The molecule has 2 aromatic rings. The van der Waals surface area contributed by atoms with Crippen LogP contribution in [0.25, 0.3) is 5.78 Å². The summed E-state index contributed by atoms with van der Waals surface area (Å²) in [5, 5.41) is 0. The van der Waals surface area contributed by atoms with Crippen molar-refractivity contribution in [3.05, 3.63) is 34.5 Å². The van der Waals surface area contributed by atoms with E-state index in [4.69, 9.17) is 0 Å². The monoisotopic (exact) mass is 163 g/mol. The van der Waals surface area contributed by atoms with Crippen LogP contribution in [0, 0.1) is 6.92 Å². The van der Waals surface area contributed by atoms with Gasteiger partial charge in [0.05, 0.1) is 0 Å². The van der Waals surface area contributed by atoms with Gasteiger partial charge >= 0.3 is 0 Å². The molecule has 0 aliphatic rings. The fourth-order valence-corrected chi connectivity index (χ4v) is 1.26. The summed E-state index contributed by atoms with van der Waals surface area (Å²) in [7, 11) is 1.71. The van der Waals surface area contributed by atoms with E-state index in [1.54, 1.807) is 19.3 Å². The zero-order valence-electron chi connectivity index (χ0n) is 6.98. The maximum absolute atomic E-state index is 11.3. The summed E-state index contributed by atoms with van der Waals surface area (Å²) in [5.41, 5.74) is 0.886. The molecule has 2 heterocycles. The smallest absolute Gasteiger partial charge is 0.254 e. The minimum absolute atomic E-state index is 0.0220. The van der Waals surface area contributed by atoms with Crippen LogP contribution in [0.1, 0.15) is 5.69 Å². The minimum Gasteiger partial charge on any atom is -0.290 e. The summed E-state index contributed by atoms with van der Waals surface area (Å²) in [5.74, 6) is 0.681. The molecule has 0 amide bonds. The molecule has 0 radical (unpaired) electrons. The molecule has 2 aromatic heterocycles. The molecule has 12 heavy (non-hydrogen) atoms. The second kappa shape index (κ2) is 2.20. The minimum atomic E-state index is -0.0220. The molecule has 0 aliphatic carbocycles. The van der Waals surface area contributed by atoms with Crippen molar-refractivity contribution in [1.29, 1.82) is 0 Å². The van der Waals surface area contributed by atoms with Crippen LogP contribution in [0.2, 0.25) is 0 Å². The fraction of sp³-hybridized carbons (Fsp3) is 0.250. The van der Waals surface area contributed by atoms with Crippen LogP contribution >= 0.6 is 0 Å². The number of aryl methyl sites for hydroxylation is 2. The maximum Gasteiger partial charge on any atom is 0.254 e. The SMILES string of the molecule is Cc1cc(=O)n(C)c2nccn12. The standard InChI is InChI=1S/C8H9N3O/c1-6-5-7(12)10(2)8-9-3-4-11(6)8/h3-5H,1-2H3. The molecule has 0 spiro atoms. The van der Waals surface area contributed by atoms with E-state index >= 15 is 0 Å². The zero-order chi connectivity index (χ0) is 8.72. The van der Waals surface area contributed by atoms with Gasteiger partial charge in [-0.1, -0.05) is 0 Å². The highest BCUT2D eigenvalue weighted by Gasteiger charge is 2.01. The first-order chi connectivity index (χ1) is 5.70. The lowest BCUT2D eigenvalue weighted by atomic mass is 10.4. The van der Waals surface area contributed by atoms with Gasteiger partial charge in [0.1, 0.15) is 0 Å². The number of rotatable bonds is 0. The largest absolute Gasteiger partial charge is 0.290 e. The van der Waals surface area contributed by atoms with E-state index in [0.29, 0.717) is 5.78 Å². The van der Waals surface area contributed by atoms with Crippen LogP contribution in [0.15, 0.2) is 23.3 Å². The molecule has 0 N–H and O–H groups in total. The van der Waals surface area contributed by atoms with E-state index in [-0.39, 0.29) is 5.56 Å². The Morgan fingerprint density at radius 2 is 2.25 bits per heavy atom. The molecule has 0 saturated carbocycles. The molecule has 0 atom stereocenters. The first-order valence-electron chi connectivity index (χ1n) is 3.70. The number of imidazole rings is 1. The second-order valence-corrected chi connectivity index (χ2v) is 2.78. The van der Waals surface area contributed by atoms with Crippen molar-refractivity contribution in [3.8, 4) is 0 Å². The average molecular weight is 163 g/mol. The molecule has 4 nitrogen and oxygen atoms in total. The molecule has 0 saturated heterocycles. The van der Waals surface area contributed by atoms with Crippen molar-refractivity contribution in [2.45, 2.75) is 6.92 Å². The summed E-state index contributed by atoms with van der Waals surface area (Å²) >= 11 is 0. The quantitative estimate of drug-likeness (QED) is 0.562. The highest BCUT2D eigenvalue weighted by Crippen LogP contribution is 1.99. The molecule has 2 rings (SSSR count). The van der Waals surface area contributed by atoms with Crippen LogP contribution in [0.3, 0.4) is 0 Å². The Hall–Kier alpha value is -1.58. The van der Waals surface area contributed by atoms with E-state index < -0.39 is 0 Å². The molecule has 0 bridgehead atoms. The van der Waals surface area contributed by atoms with Gasteiger partial charge in [-0.25, -0.2) is 4.98 Å². The summed E-state index contributed by atoms with van der Waals surface area (Å²) in [6.45, 7) is 1.88. The van der Waals surface area contributed by atoms with Crippen molar-refractivity contribution in [3.63, 3.8) is 0 Å². The predicted molar refractivity (Wildman–Crippen MR) is 45.2 cm³/mol. The van der Waals surface area contributed by atoms with Gasteiger partial charge in [-0.15, -0.1) is 0 Å². The number of hydrogen-bond donors (Lipinski definition) is 0. The van der Waals surface area contributed by atoms with E-state index in [1.807, 2.05) is 17.5 Å². The Morgan fingerprint density at radius 3 is 3.00 bits per heavy atom. The molecule has 0 aromatic carbocycles. The topological polar surface area (TPSA) is 39.3 Å². The Morgan fingerprint density at radius 1 is 1.50 bits per heavy atom. The van der Waals surface area contributed by atoms with E-state index in [9.17, 15) is 4.79 Å². The lowest BCUT2D eigenvalue weighted by Gasteiger charge is -2.02. The Labute approximate surface area is 69.1 Å². The van der Waals surface area contributed by atoms with Crippen LogP contribution in [-0.4, -0.2) is 14.0 Å². The molecule has 4 heteroatoms. The molecule has 0 unspecified atom stereocenters. The first-order valence-corrected chi connectivity index (χ1v) is 3.70. The van der Waals surface area contributed by atoms with Crippen molar-refractivity contribution in [2.75, 3.05) is 0 Å². The van der Waals surface area contributed by atoms with Gasteiger partial charge < -0.3 is 0 Å². The molecule has 0 aliphatic heterocycles.